The molecule has 1 atom stereocenters. The van der Waals surface area contributed by atoms with E-state index in [4.69, 9.17) is 0 Å². The van der Waals surface area contributed by atoms with Gasteiger partial charge in [-0.15, -0.1) is 0 Å². The molecule has 1 aromatic heterocycles. The molecule has 0 bridgehead atoms. The van der Waals surface area contributed by atoms with Gasteiger partial charge in [-0.25, -0.2) is 4.98 Å². The molecule has 2 rings (SSSR count). The Morgan fingerprint density at radius 2 is 2.35 bits per heavy atom. The molecule has 2 heterocycles. The molecule has 5 nitrogen and oxygen atoms in total. The van der Waals surface area contributed by atoms with E-state index in [1.54, 1.807) is 6.20 Å². The molecule has 0 radical (unpaired) electrons. The van der Waals surface area contributed by atoms with Gasteiger partial charge in [-0.1, -0.05) is 0 Å². The van der Waals surface area contributed by atoms with Gasteiger partial charge in [-0.3, -0.25) is 4.79 Å². The number of hydrogen-bond acceptors (Lipinski definition) is 3. The van der Waals surface area contributed by atoms with Crippen LogP contribution in [0, 0.1) is 0 Å². The van der Waals surface area contributed by atoms with Gasteiger partial charge in [0.1, 0.15) is 12.4 Å². The molecule has 20 heavy (non-hydrogen) atoms. The first kappa shape index (κ1) is 14.8. The van der Waals surface area contributed by atoms with E-state index in [2.05, 4.69) is 15.0 Å². The van der Waals surface area contributed by atoms with Gasteiger partial charge in [0.2, 0.25) is 5.91 Å². The zero-order valence-electron chi connectivity index (χ0n) is 10.8. The standard InChI is InChI=1S/C12H16F3N3O2/c13-12(14,15)8-20-6-3-11(19)17-9-1-2-10-16-4-5-18(10)7-9/h4-5,9H,1-3,6-8H2,(H,17,19)/t9-/m0/s1. The van der Waals surface area contributed by atoms with Crippen LogP contribution in [0.25, 0.3) is 0 Å². The quantitative estimate of drug-likeness (QED) is 0.832. The lowest BCUT2D eigenvalue weighted by Crippen LogP contribution is -2.41. The summed E-state index contributed by atoms with van der Waals surface area (Å²) in [7, 11) is 0. The Morgan fingerprint density at radius 3 is 3.10 bits per heavy atom. The van der Waals surface area contributed by atoms with Crippen LogP contribution in [0.2, 0.25) is 0 Å². The van der Waals surface area contributed by atoms with Crippen LogP contribution in [0.15, 0.2) is 12.4 Å². The highest BCUT2D eigenvalue weighted by Crippen LogP contribution is 2.15. The number of carbonyl (C=O) groups is 1. The molecule has 0 saturated heterocycles. The number of imidazole rings is 1. The largest absolute Gasteiger partial charge is 0.411 e. The number of rotatable bonds is 5. The van der Waals surface area contributed by atoms with E-state index in [0.29, 0.717) is 6.54 Å². The molecule has 0 unspecified atom stereocenters. The maximum atomic E-state index is 11.8. The minimum absolute atomic E-state index is 0.00758. The molecule has 0 fully saturated rings. The normalized spacial score (nSPS) is 18.6. The number of nitrogens with one attached hydrogen (secondary N) is 1. The first-order valence-electron chi connectivity index (χ1n) is 6.38. The topological polar surface area (TPSA) is 56.1 Å². The average Bonchev–Trinajstić information content (AvgIpc) is 2.81. The average molecular weight is 291 g/mol. The van der Waals surface area contributed by atoms with Crippen LogP contribution in [-0.2, 0) is 22.5 Å². The lowest BCUT2D eigenvalue weighted by Gasteiger charge is -2.24. The fourth-order valence-electron chi connectivity index (χ4n) is 2.14. The number of carbonyl (C=O) groups excluding carboxylic acids is 1. The second-order valence-electron chi connectivity index (χ2n) is 4.72. The number of alkyl halides is 3. The molecule has 0 aromatic carbocycles. The first-order valence-corrected chi connectivity index (χ1v) is 6.38. The maximum absolute atomic E-state index is 11.8. The minimum Gasteiger partial charge on any atom is -0.372 e. The Morgan fingerprint density at radius 1 is 1.55 bits per heavy atom. The molecule has 1 aliphatic heterocycles. The second kappa shape index (κ2) is 6.25. The van der Waals surface area contributed by atoms with Crippen LogP contribution in [0.5, 0.6) is 0 Å². The number of hydrogen-bond donors (Lipinski definition) is 1. The van der Waals surface area contributed by atoms with E-state index in [9.17, 15) is 18.0 Å². The second-order valence-corrected chi connectivity index (χ2v) is 4.72. The number of nitrogens with zero attached hydrogens (tertiary/aromatic N) is 2. The zero-order chi connectivity index (χ0) is 14.6. The Kier molecular flexibility index (Phi) is 4.64. The van der Waals surface area contributed by atoms with E-state index >= 15 is 0 Å². The number of ether oxygens (including phenoxy) is 1. The van der Waals surface area contributed by atoms with Crippen LogP contribution >= 0.6 is 0 Å². The molecule has 1 aromatic rings. The summed E-state index contributed by atoms with van der Waals surface area (Å²) in [6, 6.07) is -0.00758. The highest BCUT2D eigenvalue weighted by Gasteiger charge is 2.27. The maximum Gasteiger partial charge on any atom is 0.411 e. The van der Waals surface area contributed by atoms with Crippen molar-refractivity contribution in [2.45, 2.75) is 38.0 Å². The summed E-state index contributed by atoms with van der Waals surface area (Å²) in [5.41, 5.74) is 0. The van der Waals surface area contributed by atoms with Crippen LogP contribution in [0.4, 0.5) is 13.2 Å². The predicted molar refractivity (Wildman–Crippen MR) is 64.0 cm³/mol. The minimum atomic E-state index is -4.35. The van der Waals surface area contributed by atoms with Gasteiger partial charge in [0.05, 0.1) is 6.61 Å². The van der Waals surface area contributed by atoms with Crippen molar-refractivity contribution in [2.75, 3.05) is 13.2 Å². The third-order valence-corrected chi connectivity index (χ3v) is 3.04. The number of amides is 1. The van der Waals surface area contributed by atoms with Crippen LogP contribution in [-0.4, -0.2) is 40.9 Å². The van der Waals surface area contributed by atoms with E-state index < -0.39 is 12.8 Å². The van der Waals surface area contributed by atoms with Crippen molar-refractivity contribution in [1.29, 1.82) is 0 Å². The molecule has 0 saturated carbocycles. The van der Waals surface area contributed by atoms with Crippen LogP contribution in [0.3, 0.4) is 0 Å². The summed E-state index contributed by atoms with van der Waals surface area (Å²) < 4.78 is 41.9. The molecule has 112 valence electrons. The number of fused-ring (bicyclic) bond motifs is 1. The molecular weight excluding hydrogens is 275 g/mol. The molecule has 1 aliphatic rings. The number of aromatic nitrogens is 2. The lowest BCUT2D eigenvalue weighted by molar-refractivity contribution is -0.174. The van der Waals surface area contributed by atoms with Crippen molar-refractivity contribution in [2.24, 2.45) is 0 Å². The Hall–Kier alpha value is -1.57. The molecule has 1 amide bonds. The molecule has 0 spiro atoms. The van der Waals surface area contributed by atoms with Gasteiger partial charge in [0.25, 0.3) is 0 Å². The number of aryl methyl sites for hydroxylation is 1. The van der Waals surface area contributed by atoms with Crippen molar-refractivity contribution in [1.82, 2.24) is 14.9 Å². The van der Waals surface area contributed by atoms with Crippen molar-refractivity contribution >= 4 is 5.91 Å². The summed E-state index contributed by atoms with van der Waals surface area (Å²) >= 11 is 0. The van der Waals surface area contributed by atoms with Crippen molar-refractivity contribution in [3.8, 4) is 0 Å². The van der Waals surface area contributed by atoms with Crippen LogP contribution in [0.1, 0.15) is 18.7 Å². The summed E-state index contributed by atoms with van der Waals surface area (Å²) in [6.07, 6.45) is 0.709. The highest BCUT2D eigenvalue weighted by atomic mass is 19.4. The smallest absolute Gasteiger partial charge is 0.372 e. The molecule has 8 heteroatoms. The van der Waals surface area contributed by atoms with Gasteiger partial charge < -0.3 is 14.6 Å². The Balaban J connectivity index is 1.66. The first-order chi connectivity index (χ1) is 9.44. The molecule has 0 aliphatic carbocycles. The van der Waals surface area contributed by atoms with E-state index in [1.807, 2.05) is 10.8 Å². The highest BCUT2D eigenvalue weighted by molar-refractivity contribution is 5.76. The third-order valence-electron chi connectivity index (χ3n) is 3.04. The lowest BCUT2D eigenvalue weighted by atomic mass is 10.1. The van der Waals surface area contributed by atoms with Gasteiger partial charge in [-0.2, -0.15) is 13.2 Å². The monoisotopic (exact) mass is 291 g/mol. The van der Waals surface area contributed by atoms with E-state index in [-0.39, 0.29) is 25.0 Å². The zero-order valence-corrected chi connectivity index (χ0v) is 10.8. The summed E-state index contributed by atoms with van der Waals surface area (Å²) in [4.78, 5) is 15.8. The summed E-state index contributed by atoms with van der Waals surface area (Å²) in [6.45, 7) is -0.902. The van der Waals surface area contributed by atoms with Crippen LogP contribution < -0.4 is 5.32 Å². The van der Waals surface area contributed by atoms with Gasteiger partial charge in [0, 0.05) is 37.8 Å². The van der Waals surface area contributed by atoms with E-state index in [0.717, 1.165) is 18.7 Å². The number of halogens is 3. The van der Waals surface area contributed by atoms with E-state index in [1.165, 1.54) is 0 Å². The Bertz CT molecular complexity index is 459. The van der Waals surface area contributed by atoms with Gasteiger partial charge in [0.15, 0.2) is 0 Å². The van der Waals surface area contributed by atoms with Gasteiger partial charge in [-0.05, 0) is 6.42 Å². The van der Waals surface area contributed by atoms with Crippen molar-refractivity contribution in [3.63, 3.8) is 0 Å². The fraction of sp³-hybridized carbons (Fsp3) is 0.667. The molecular formula is C12H16F3N3O2. The van der Waals surface area contributed by atoms with Gasteiger partial charge >= 0.3 is 6.18 Å². The predicted octanol–water partition coefficient (Wildman–Crippen LogP) is 1.28. The summed E-state index contributed by atoms with van der Waals surface area (Å²) in [5, 5.41) is 2.80. The van der Waals surface area contributed by atoms with Crippen molar-refractivity contribution in [3.05, 3.63) is 18.2 Å². The molecule has 1 N–H and O–H groups in total. The third kappa shape index (κ3) is 4.52. The SMILES string of the molecule is O=C(CCOCC(F)(F)F)N[C@H]1CCc2nccn2C1. The fourth-order valence-corrected chi connectivity index (χ4v) is 2.14. The Labute approximate surface area is 114 Å². The van der Waals surface area contributed by atoms with Crippen molar-refractivity contribution < 1.29 is 22.7 Å². The summed E-state index contributed by atoms with van der Waals surface area (Å²) in [5.74, 6) is 0.699.